The van der Waals surface area contributed by atoms with Crippen LogP contribution in [0, 0.1) is 0 Å². The molecular weight excluding hydrogens is 154 g/mol. The fourth-order valence-electron chi connectivity index (χ4n) is 1.58. The van der Waals surface area contributed by atoms with E-state index in [-0.39, 0.29) is 6.03 Å². The van der Waals surface area contributed by atoms with E-state index in [1.807, 2.05) is 18.9 Å². The van der Waals surface area contributed by atoms with Crippen LogP contribution in [0.25, 0.3) is 0 Å². The lowest BCUT2D eigenvalue weighted by molar-refractivity contribution is 0.196. The van der Waals surface area contributed by atoms with Crippen LogP contribution < -0.4 is 5.73 Å². The molecule has 0 bridgehead atoms. The Morgan fingerprint density at radius 1 is 1.67 bits per heavy atom. The average molecular weight is 171 g/mol. The average Bonchev–Trinajstić information content (AvgIpc) is 2.33. The molecule has 12 heavy (non-hydrogen) atoms. The van der Waals surface area contributed by atoms with Gasteiger partial charge in [-0.25, -0.2) is 4.79 Å². The summed E-state index contributed by atoms with van der Waals surface area (Å²) in [5.41, 5.74) is 5.45. The third kappa shape index (κ3) is 1.53. The first-order chi connectivity index (χ1) is 5.70. The van der Waals surface area contributed by atoms with Crippen molar-refractivity contribution in [2.45, 2.75) is 19.4 Å². The lowest BCUT2D eigenvalue weighted by Crippen LogP contribution is -2.32. The van der Waals surface area contributed by atoms with Gasteiger partial charge in [0.1, 0.15) is 0 Å². The molecule has 0 radical (unpaired) electrons. The van der Waals surface area contributed by atoms with Gasteiger partial charge in [0.2, 0.25) is 0 Å². The number of carbonyl (C=O) groups excluding carboxylic acids is 1. The summed E-state index contributed by atoms with van der Waals surface area (Å²) in [6.45, 7) is 4.28. The van der Waals surface area contributed by atoms with Crippen LogP contribution in [-0.2, 0) is 0 Å². The van der Waals surface area contributed by atoms with Gasteiger partial charge in [-0.3, -0.25) is 0 Å². The van der Waals surface area contributed by atoms with Crippen molar-refractivity contribution in [3.05, 3.63) is 0 Å². The molecule has 0 aromatic carbocycles. The fourth-order valence-corrected chi connectivity index (χ4v) is 1.58. The number of likely N-dealkylation sites (N-methyl/N-ethyl adjacent to an activating group) is 2. The first-order valence-corrected chi connectivity index (χ1v) is 4.42. The van der Waals surface area contributed by atoms with Crippen molar-refractivity contribution >= 4 is 6.03 Å². The van der Waals surface area contributed by atoms with Gasteiger partial charge in [0, 0.05) is 20.1 Å². The van der Waals surface area contributed by atoms with Gasteiger partial charge in [-0.2, -0.15) is 0 Å². The zero-order chi connectivity index (χ0) is 9.14. The van der Waals surface area contributed by atoms with Crippen LogP contribution in [0.1, 0.15) is 13.3 Å². The second-order valence-corrected chi connectivity index (χ2v) is 3.16. The number of nitrogens with two attached hydrogens (primary N) is 1. The number of hydrogen-bond acceptors (Lipinski definition) is 2. The van der Waals surface area contributed by atoms with Crippen LogP contribution in [0.5, 0.6) is 0 Å². The van der Waals surface area contributed by atoms with Crippen molar-refractivity contribution in [1.82, 2.24) is 9.80 Å². The largest absolute Gasteiger partial charge is 0.330 e. The third-order valence-corrected chi connectivity index (χ3v) is 2.43. The van der Waals surface area contributed by atoms with Crippen LogP contribution in [0.15, 0.2) is 0 Å². The quantitative estimate of drug-likeness (QED) is 0.654. The molecule has 1 atom stereocenters. The maximum atomic E-state index is 11.4. The number of rotatable bonds is 3. The molecule has 0 aromatic rings. The van der Waals surface area contributed by atoms with Crippen molar-refractivity contribution in [2.75, 3.05) is 26.7 Å². The smallest absolute Gasteiger partial charge is 0.320 e. The number of amides is 2. The highest BCUT2D eigenvalue weighted by atomic mass is 16.2. The lowest BCUT2D eigenvalue weighted by atomic mass is 10.2. The highest BCUT2D eigenvalue weighted by Gasteiger charge is 2.32. The normalized spacial score (nSPS) is 23.9. The molecule has 4 nitrogen and oxygen atoms in total. The van der Waals surface area contributed by atoms with Gasteiger partial charge in [-0.15, -0.1) is 0 Å². The van der Waals surface area contributed by atoms with E-state index in [2.05, 4.69) is 0 Å². The Bertz CT molecular complexity index is 172. The molecule has 1 fully saturated rings. The summed E-state index contributed by atoms with van der Waals surface area (Å²) >= 11 is 0. The molecule has 70 valence electrons. The minimum absolute atomic E-state index is 0.135. The van der Waals surface area contributed by atoms with Gasteiger partial charge in [-0.05, 0) is 19.9 Å². The van der Waals surface area contributed by atoms with E-state index in [0.717, 1.165) is 19.5 Å². The summed E-state index contributed by atoms with van der Waals surface area (Å²) in [7, 11) is 1.85. The van der Waals surface area contributed by atoms with Gasteiger partial charge >= 0.3 is 6.03 Å². The van der Waals surface area contributed by atoms with Crippen molar-refractivity contribution in [2.24, 2.45) is 5.73 Å². The molecule has 2 amide bonds. The van der Waals surface area contributed by atoms with E-state index < -0.39 is 0 Å². The Morgan fingerprint density at radius 2 is 2.33 bits per heavy atom. The van der Waals surface area contributed by atoms with Crippen LogP contribution in [0.3, 0.4) is 0 Å². The van der Waals surface area contributed by atoms with Gasteiger partial charge in [0.25, 0.3) is 0 Å². The number of nitrogens with zero attached hydrogens (tertiary/aromatic N) is 2. The third-order valence-electron chi connectivity index (χ3n) is 2.43. The molecule has 1 heterocycles. The Morgan fingerprint density at radius 3 is 2.75 bits per heavy atom. The predicted octanol–water partition coefficient (Wildman–Crippen LogP) is 0.0911. The minimum atomic E-state index is 0.135. The highest BCUT2D eigenvalue weighted by molar-refractivity contribution is 5.76. The SMILES string of the molecule is CCN1CC(CCN)N(C)C1=O. The molecule has 4 heteroatoms. The number of urea groups is 1. The standard InChI is InChI=1S/C8H17N3O/c1-3-11-6-7(4-5-9)10(2)8(11)12/h7H,3-6,9H2,1-2H3. The summed E-state index contributed by atoms with van der Waals surface area (Å²) in [5, 5.41) is 0. The van der Waals surface area contributed by atoms with E-state index in [9.17, 15) is 4.79 Å². The molecule has 0 aromatic heterocycles. The number of carbonyl (C=O) groups is 1. The van der Waals surface area contributed by atoms with Crippen LogP contribution in [-0.4, -0.2) is 48.6 Å². The first kappa shape index (κ1) is 9.32. The molecule has 0 aliphatic carbocycles. The Hall–Kier alpha value is -0.770. The van der Waals surface area contributed by atoms with Crippen molar-refractivity contribution in [3.8, 4) is 0 Å². The molecule has 1 aliphatic rings. The summed E-state index contributed by atoms with van der Waals surface area (Å²) in [5.74, 6) is 0. The van der Waals surface area contributed by atoms with E-state index >= 15 is 0 Å². The predicted molar refractivity (Wildman–Crippen MR) is 47.9 cm³/mol. The molecule has 2 N–H and O–H groups in total. The highest BCUT2D eigenvalue weighted by Crippen LogP contribution is 2.15. The zero-order valence-electron chi connectivity index (χ0n) is 7.79. The Kier molecular flexibility index (Phi) is 2.92. The topological polar surface area (TPSA) is 49.6 Å². The van der Waals surface area contributed by atoms with Crippen LogP contribution in [0.4, 0.5) is 4.79 Å². The van der Waals surface area contributed by atoms with Gasteiger partial charge < -0.3 is 15.5 Å². The van der Waals surface area contributed by atoms with Crippen molar-refractivity contribution in [1.29, 1.82) is 0 Å². The molecule has 0 spiro atoms. The molecular formula is C8H17N3O. The van der Waals surface area contributed by atoms with Gasteiger partial charge in [0.05, 0.1) is 6.04 Å². The second kappa shape index (κ2) is 3.76. The van der Waals surface area contributed by atoms with E-state index in [0.29, 0.717) is 12.6 Å². The minimum Gasteiger partial charge on any atom is -0.330 e. The maximum absolute atomic E-state index is 11.4. The molecule has 1 unspecified atom stereocenters. The lowest BCUT2D eigenvalue weighted by Gasteiger charge is -2.16. The summed E-state index contributed by atoms with van der Waals surface area (Å²) in [4.78, 5) is 15.1. The zero-order valence-corrected chi connectivity index (χ0v) is 7.79. The molecule has 1 aliphatic heterocycles. The first-order valence-electron chi connectivity index (χ1n) is 4.42. The Labute approximate surface area is 73.3 Å². The van der Waals surface area contributed by atoms with Crippen molar-refractivity contribution < 1.29 is 4.79 Å². The molecule has 1 rings (SSSR count). The summed E-state index contributed by atoms with van der Waals surface area (Å²) < 4.78 is 0. The van der Waals surface area contributed by atoms with E-state index in [4.69, 9.17) is 5.73 Å². The fraction of sp³-hybridized carbons (Fsp3) is 0.875. The maximum Gasteiger partial charge on any atom is 0.320 e. The van der Waals surface area contributed by atoms with Crippen molar-refractivity contribution in [3.63, 3.8) is 0 Å². The second-order valence-electron chi connectivity index (χ2n) is 3.16. The van der Waals surface area contributed by atoms with Gasteiger partial charge in [-0.1, -0.05) is 0 Å². The molecule has 0 saturated carbocycles. The van der Waals surface area contributed by atoms with E-state index in [1.54, 1.807) is 4.90 Å². The van der Waals surface area contributed by atoms with Gasteiger partial charge in [0.15, 0.2) is 0 Å². The summed E-state index contributed by atoms with van der Waals surface area (Å²) in [6.07, 6.45) is 0.902. The summed E-state index contributed by atoms with van der Waals surface area (Å²) in [6, 6.07) is 0.457. The number of hydrogen-bond donors (Lipinski definition) is 1. The monoisotopic (exact) mass is 171 g/mol. The van der Waals surface area contributed by atoms with Crippen LogP contribution >= 0.6 is 0 Å². The van der Waals surface area contributed by atoms with E-state index in [1.165, 1.54) is 0 Å². The van der Waals surface area contributed by atoms with Crippen LogP contribution in [0.2, 0.25) is 0 Å². The molecule has 1 saturated heterocycles. The Balaban J connectivity index is 2.54.